The molecule has 0 saturated carbocycles. The SMILES string of the molecule is CC(C)C[C@H](NC(=O)OCc1ccccc1)C(=O)NCCC(=O)N[C@@H](CCCN=C(N)NC(=O)OCc1ccccc1)/[13CH]=N/NC(N)=O. The van der Waals surface area contributed by atoms with Crippen molar-refractivity contribution in [3.63, 3.8) is 0 Å². The van der Waals surface area contributed by atoms with Crippen LogP contribution in [0.1, 0.15) is 50.7 Å². The molecule has 0 heterocycles. The van der Waals surface area contributed by atoms with Crippen LogP contribution in [0.2, 0.25) is 0 Å². The minimum atomic E-state index is -0.879. The Kier molecular flexibility index (Phi) is 17.6. The number of benzene rings is 2. The molecule has 0 radical (unpaired) electrons. The summed E-state index contributed by atoms with van der Waals surface area (Å²) in [6.45, 7) is 4.15. The lowest BCUT2D eigenvalue weighted by molar-refractivity contribution is -0.124. The van der Waals surface area contributed by atoms with E-state index in [2.05, 4.69) is 36.8 Å². The number of carbonyl (C=O) groups excluding carboxylic acids is 5. The maximum atomic E-state index is 12.9. The van der Waals surface area contributed by atoms with Gasteiger partial charge in [-0.25, -0.2) is 19.8 Å². The molecular weight excluding hydrogens is 623 g/mol. The fourth-order valence-electron chi connectivity index (χ4n) is 4.10. The molecule has 260 valence electrons. The number of ether oxygens (including phenoxy) is 2. The third-order valence-corrected chi connectivity index (χ3v) is 6.35. The van der Waals surface area contributed by atoms with E-state index in [-0.39, 0.29) is 44.6 Å². The van der Waals surface area contributed by atoms with Gasteiger partial charge in [0, 0.05) is 25.7 Å². The van der Waals surface area contributed by atoms with Crippen molar-refractivity contribution in [2.24, 2.45) is 27.5 Å². The first-order valence-corrected chi connectivity index (χ1v) is 15.4. The first kappa shape index (κ1) is 38.5. The molecule has 9 N–H and O–H groups in total. The number of carbonyl (C=O) groups is 5. The number of hydrogen-bond donors (Lipinski definition) is 7. The molecule has 0 aliphatic rings. The molecule has 16 heteroatoms. The number of primary amides is 1. The summed E-state index contributed by atoms with van der Waals surface area (Å²) in [6.07, 6.45) is 0.854. The summed E-state index contributed by atoms with van der Waals surface area (Å²) in [4.78, 5) is 64.9. The van der Waals surface area contributed by atoms with Gasteiger partial charge < -0.3 is 36.9 Å². The van der Waals surface area contributed by atoms with Gasteiger partial charge in [-0.15, -0.1) is 0 Å². The summed E-state index contributed by atoms with van der Waals surface area (Å²) >= 11 is 0. The molecule has 2 rings (SSSR count). The van der Waals surface area contributed by atoms with Crippen LogP contribution in [0.3, 0.4) is 0 Å². The van der Waals surface area contributed by atoms with Crippen molar-refractivity contribution in [1.82, 2.24) is 26.7 Å². The van der Waals surface area contributed by atoms with Crippen molar-refractivity contribution < 1.29 is 33.4 Å². The Labute approximate surface area is 279 Å². The van der Waals surface area contributed by atoms with Crippen LogP contribution in [0.4, 0.5) is 14.4 Å². The van der Waals surface area contributed by atoms with E-state index >= 15 is 0 Å². The highest BCUT2D eigenvalue weighted by molar-refractivity contribution is 5.92. The quantitative estimate of drug-likeness (QED) is 0.0406. The zero-order valence-corrected chi connectivity index (χ0v) is 27.1. The highest BCUT2D eigenvalue weighted by Gasteiger charge is 2.23. The van der Waals surface area contributed by atoms with E-state index in [1.165, 1.54) is 6.21 Å². The number of hydrazone groups is 1. The Hall–Kier alpha value is -5.67. The Morgan fingerprint density at radius 2 is 1.46 bits per heavy atom. The van der Waals surface area contributed by atoms with Crippen LogP contribution < -0.4 is 38.2 Å². The van der Waals surface area contributed by atoms with E-state index in [1.54, 1.807) is 0 Å². The molecule has 0 aliphatic heterocycles. The van der Waals surface area contributed by atoms with Gasteiger partial charge in [-0.3, -0.25) is 19.9 Å². The second-order valence-corrected chi connectivity index (χ2v) is 11.0. The zero-order valence-electron chi connectivity index (χ0n) is 27.1. The number of nitrogens with one attached hydrogen (secondary N) is 5. The van der Waals surface area contributed by atoms with Crippen molar-refractivity contribution in [1.29, 1.82) is 0 Å². The number of guanidine groups is 1. The zero-order chi connectivity index (χ0) is 35.1. The van der Waals surface area contributed by atoms with Crippen molar-refractivity contribution in [3.8, 4) is 0 Å². The monoisotopic (exact) mass is 668 g/mol. The maximum Gasteiger partial charge on any atom is 0.414 e. The van der Waals surface area contributed by atoms with Crippen LogP contribution in [-0.4, -0.2) is 67.4 Å². The fraction of sp³-hybridized carbons (Fsp3) is 0.406. The lowest BCUT2D eigenvalue weighted by atomic mass is 10.0. The number of rotatable bonds is 18. The summed E-state index contributed by atoms with van der Waals surface area (Å²) in [5, 5.41) is 14.1. The van der Waals surface area contributed by atoms with E-state index in [1.807, 2.05) is 74.5 Å². The summed E-state index contributed by atoms with van der Waals surface area (Å²) in [5.41, 5.74) is 14.5. The van der Waals surface area contributed by atoms with Gasteiger partial charge in [0.1, 0.15) is 19.3 Å². The molecule has 0 aromatic heterocycles. The number of amides is 6. The first-order valence-electron chi connectivity index (χ1n) is 15.4. The molecule has 16 nitrogen and oxygen atoms in total. The molecule has 48 heavy (non-hydrogen) atoms. The first-order chi connectivity index (χ1) is 23.0. The van der Waals surface area contributed by atoms with Gasteiger partial charge in [0.25, 0.3) is 0 Å². The average molecular weight is 669 g/mol. The predicted octanol–water partition coefficient (Wildman–Crippen LogP) is 1.99. The van der Waals surface area contributed by atoms with Crippen LogP contribution in [0.25, 0.3) is 0 Å². The minimum Gasteiger partial charge on any atom is -0.445 e. The van der Waals surface area contributed by atoms with Gasteiger partial charge >= 0.3 is 18.2 Å². The van der Waals surface area contributed by atoms with Crippen molar-refractivity contribution in [2.75, 3.05) is 13.1 Å². The van der Waals surface area contributed by atoms with Gasteiger partial charge in [-0.05, 0) is 36.3 Å². The van der Waals surface area contributed by atoms with Gasteiger partial charge in [0.05, 0.1) is 6.04 Å². The molecule has 2 aromatic rings. The van der Waals surface area contributed by atoms with Crippen molar-refractivity contribution >= 4 is 42.2 Å². The topological polar surface area (TPSA) is 241 Å². The van der Waals surface area contributed by atoms with Crippen LogP contribution in [0, 0.1) is 5.92 Å². The summed E-state index contributed by atoms with van der Waals surface area (Å²) in [5.74, 6) is -0.906. The number of alkyl carbamates (subject to hydrolysis) is 2. The molecular formula is C32H45N9O7. The van der Waals surface area contributed by atoms with Crippen molar-refractivity contribution in [3.05, 3.63) is 71.8 Å². The number of urea groups is 1. The van der Waals surface area contributed by atoms with E-state index in [4.69, 9.17) is 20.9 Å². The number of nitrogens with zero attached hydrogens (tertiary/aromatic N) is 2. The Morgan fingerprint density at radius 1 is 0.854 bits per heavy atom. The fourth-order valence-corrected chi connectivity index (χ4v) is 4.10. The highest BCUT2D eigenvalue weighted by atomic mass is 16.6. The van der Waals surface area contributed by atoms with Crippen LogP contribution in [-0.2, 0) is 32.3 Å². The van der Waals surface area contributed by atoms with Gasteiger partial charge in [0.15, 0.2) is 5.96 Å². The molecule has 0 spiro atoms. The van der Waals surface area contributed by atoms with E-state index in [0.29, 0.717) is 19.3 Å². The normalized spacial score (nSPS) is 12.4. The Morgan fingerprint density at radius 3 is 2.04 bits per heavy atom. The molecule has 0 fully saturated rings. The van der Waals surface area contributed by atoms with E-state index < -0.39 is 42.1 Å². The number of aliphatic imine (C=N–C) groups is 1. The Balaban J connectivity index is 1.79. The van der Waals surface area contributed by atoms with Crippen LogP contribution >= 0.6 is 0 Å². The molecule has 2 aromatic carbocycles. The number of hydrogen-bond acceptors (Lipinski definition) is 9. The average Bonchev–Trinajstić information content (AvgIpc) is 3.05. The van der Waals surface area contributed by atoms with Crippen molar-refractivity contribution in [2.45, 2.75) is 64.8 Å². The molecule has 0 saturated heterocycles. The van der Waals surface area contributed by atoms with Gasteiger partial charge in [0.2, 0.25) is 11.8 Å². The lowest BCUT2D eigenvalue weighted by Crippen LogP contribution is -2.48. The Bertz CT molecular complexity index is 1370. The van der Waals surface area contributed by atoms with Gasteiger partial charge in [-0.2, -0.15) is 5.10 Å². The minimum absolute atomic E-state index is 0.00370. The van der Waals surface area contributed by atoms with E-state index in [0.717, 1.165) is 11.1 Å². The lowest BCUT2D eigenvalue weighted by Gasteiger charge is -2.20. The summed E-state index contributed by atoms with van der Waals surface area (Å²) in [6, 6.07) is 15.9. The maximum absolute atomic E-state index is 12.9. The summed E-state index contributed by atoms with van der Waals surface area (Å²) in [7, 11) is 0. The summed E-state index contributed by atoms with van der Waals surface area (Å²) < 4.78 is 10.3. The van der Waals surface area contributed by atoms with E-state index in [9.17, 15) is 24.0 Å². The standard InChI is InChI=1S/C32H45N9O7/c1-22(2)18-26(39-31(45)47-20-23-10-5-3-6-11-23)28(43)35-17-15-27(42)38-25(19-37-41-30(34)44)14-9-16-36-29(33)40-32(46)48-21-24-12-7-4-8-13-24/h3-8,10-13,19,22,25-26H,9,14-18,20-21H2,1-2H3,(H,35,43)(H,38,42)(H,39,45)(H3,34,41,44)(H3,33,36,40,46)/b37-19+/t25-,26-/m0/s1/i19+1. The highest BCUT2D eigenvalue weighted by Crippen LogP contribution is 2.07. The third-order valence-electron chi connectivity index (χ3n) is 6.35. The molecule has 2 atom stereocenters. The molecule has 0 unspecified atom stereocenters. The number of nitrogens with two attached hydrogens (primary N) is 2. The molecule has 0 bridgehead atoms. The van der Waals surface area contributed by atoms with Crippen LogP contribution in [0.5, 0.6) is 0 Å². The smallest absolute Gasteiger partial charge is 0.414 e. The molecule has 6 amide bonds. The second-order valence-electron chi connectivity index (χ2n) is 11.0. The second kappa shape index (κ2) is 22.0. The largest absolute Gasteiger partial charge is 0.445 e. The third kappa shape index (κ3) is 17.7. The predicted molar refractivity (Wildman–Crippen MR) is 179 cm³/mol. The van der Waals surface area contributed by atoms with Gasteiger partial charge in [-0.1, -0.05) is 74.5 Å². The van der Waals surface area contributed by atoms with Crippen LogP contribution in [0.15, 0.2) is 70.8 Å². The molecule has 0 aliphatic carbocycles.